The lowest BCUT2D eigenvalue weighted by atomic mass is 10.2. The van der Waals surface area contributed by atoms with Crippen molar-refractivity contribution in [3.8, 4) is 5.95 Å². The van der Waals surface area contributed by atoms with Crippen molar-refractivity contribution in [2.45, 2.75) is 20.3 Å². The molecule has 0 saturated heterocycles. The van der Waals surface area contributed by atoms with Gasteiger partial charge < -0.3 is 5.73 Å². The van der Waals surface area contributed by atoms with Gasteiger partial charge in [0.1, 0.15) is 0 Å². The minimum atomic E-state index is 0.526. The molecule has 0 saturated carbocycles. The number of rotatable bonds is 3. The molecule has 0 aliphatic rings. The predicted molar refractivity (Wildman–Crippen MR) is 66.4 cm³/mol. The Balaban J connectivity index is 2.36. The summed E-state index contributed by atoms with van der Waals surface area (Å²) in [6.07, 6.45) is 4.30. The first-order valence-corrected chi connectivity index (χ1v) is 5.74. The first kappa shape index (κ1) is 12.0. The molecule has 2 aromatic heterocycles. The zero-order valence-corrected chi connectivity index (χ0v) is 10.6. The lowest BCUT2D eigenvalue weighted by Crippen LogP contribution is -2.07. The van der Waals surface area contributed by atoms with Crippen molar-refractivity contribution >= 4 is 11.6 Å². The lowest BCUT2D eigenvalue weighted by Gasteiger charge is -2.03. The van der Waals surface area contributed by atoms with E-state index in [-0.39, 0.29) is 0 Å². The second-order valence-electron chi connectivity index (χ2n) is 3.83. The molecule has 2 rings (SSSR count). The summed E-state index contributed by atoms with van der Waals surface area (Å²) < 4.78 is 1.64. The van der Waals surface area contributed by atoms with Gasteiger partial charge in [-0.2, -0.15) is 5.10 Å². The van der Waals surface area contributed by atoms with Gasteiger partial charge in [0.15, 0.2) is 0 Å². The van der Waals surface area contributed by atoms with Gasteiger partial charge in [-0.1, -0.05) is 11.6 Å². The highest BCUT2D eigenvalue weighted by Crippen LogP contribution is 2.20. The fraction of sp³-hybridized carbons (Fsp3) is 0.364. The molecule has 0 atom stereocenters. The Morgan fingerprint density at radius 3 is 2.41 bits per heavy atom. The van der Waals surface area contributed by atoms with Crippen LogP contribution in [0.15, 0.2) is 12.4 Å². The SMILES string of the molecule is Cc1nn(-c2ncc(CCN)cn2)c(C)c1Cl. The van der Waals surface area contributed by atoms with Crippen LogP contribution in [-0.2, 0) is 6.42 Å². The second-order valence-corrected chi connectivity index (χ2v) is 4.20. The maximum atomic E-state index is 6.07. The van der Waals surface area contributed by atoms with Gasteiger partial charge in [-0.15, -0.1) is 0 Å². The summed E-state index contributed by atoms with van der Waals surface area (Å²) in [5.41, 5.74) is 8.10. The average molecular weight is 252 g/mol. The first-order chi connectivity index (χ1) is 8.13. The predicted octanol–water partition coefficient (Wildman–Crippen LogP) is 1.43. The standard InChI is InChI=1S/C11H14ClN5/c1-7-10(12)8(2)17(16-7)11-14-5-9(3-4-13)6-15-11/h5-6H,3-4,13H2,1-2H3. The zero-order valence-electron chi connectivity index (χ0n) is 9.81. The summed E-state index contributed by atoms with van der Waals surface area (Å²) in [4.78, 5) is 8.52. The van der Waals surface area contributed by atoms with Crippen molar-refractivity contribution in [2.24, 2.45) is 5.73 Å². The molecule has 2 N–H and O–H groups in total. The number of hydrogen-bond donors (Lipinski definition) is 1. The van der Waals surface area contributed by atoms with Crippen LogP contribution >= 0.6 is 11.6 Å². The van der Waals surface area contributed by atoms with Crippen LogP contribution in [0.25, 0.3) is 5.95 Å². The summed E-state index contributed by atoms with van der Waals surface area (Å²) in [5, 5.41) is 4.94. The summed E-state index contributed by atoms with van der Waals surface area (Å²) in [5.74, 6) is 0.526. The molecule has 17 heavy (non-hydrogen) atoms. The molecule has 0 aliphatic heterocycles. The van der Waals surface area contributed by atoms with Gasteiger partial charge in [0, 0.05) is 12.4 Å². The zero-order chi connectivity index (χ0) is 12.4. The molecule has 0 bridgehead atoms. The number of aryl methyl sites for hydroxylation is 1. The third kappa shape index (κ3) is 2.30. The maximum Gasteiger partial charge on any atom is 0.250 e. The van der Waals surface area contributed by atoms with E-state index in [1.165, 1.54) is 0 Å². The van der Waals surface area contributed by atoms with Crippen LogP contribution in [-0.4, -0.2) is 26.3 Å². The van der Waals surface area contributed by atoms with E-state index >= 15 is 0 Å². The summed E-state index contributed by atoms with van der Waals surface area (Å²) in [6, 6.07) is 0. The number of nitrogens with two attached hydrogens (primary N) is 1. The molecule has 6 heteroatoms. The van der Waals surface area contributed by atoms with Crippen LogP contribution in [0.2, 0.25) is 5.02 Å². The third-order valence-electron chi connectivity index (χ3n) is 2.52. The first-order valence-electron chi connectivity index (χ1n) is 5.36. The van der Waals surface area contributed by atoms with E-state index in [1.807, 2.05) is 13.8 Å². The van der Waals surface area contributed by atoms with Crippen LogP contribution in [0.5, 0.6) is 0 Å². The third-order valence-corrected chi connectivity index (χ3v) is 3.06. The maximum absolute atomic E-state index is 6.07. The average Bonchev–Trinajstić information content (AvgIpc) is 2.59. The Labute approximate surface area is 105 Å². The van der Waals surface area contributed by atoms with Crippen LogP contribution < -0.4 is 5.73 Å². The molecule has 0 fully saturated rings. The van der Waals surface area contributed by atoms with Crippen molar-refractivity contribution < 1.29 is 0 Å². The van der Waals surface area contributed by atoms with Crippen molar-refractivity contribution in [3.63, 3.8) is 0 Å². The second kappa shape index (κ2) is 4.81. The number of aromatic nitrogens is 4. The Hall–Kier alpha value is -1.46. The molecule has 0 radical (unpaired) electrons. The van der Waals surface area contributed by atoms with E-state index in [0.29, 0.717) is 17.5 Å². The van der Waals surface area contributed by atoms with Crippen LogP contribution in [0, 0.1) is 13.8 Å². The van der Waals surface area contributed by atoms with Gasteiger partial charge in [-0.3, -0.25) is 0 Å². The van der Waals surface area contributed by atoms with E-state index in [2.05, 4.69) is 15.1 Å². The van der Waals surface area contributed by atoms with Gasteiger partial charge in [0.25, 0.3) is 5.95 Å². The van der Waals surface area contributed by atoms with Gasteiger partial charge in [0.2, 0.25) is 0 Å². The Kier molecular flexibility index (Phi) is 3.40. The molecule has 0 aliphatic carbocycles. The van der Waals surface area contributed by atoms with Crippen molar-refractivity contribution in [1.82, 2.24) is 19.7 Å². The smallest absolute Gasteiger partial charge is 0.250 e. The molecule has 2 heterocycles. The molecular weight excluding hydrogens is 238 g/mol. The van der Waals surface area contributed by atoms with Gasteiger partial charge >= 0.3 is 0 Å². The number of nitrogens with zero attached hydrogens (tertiary/aromatic N) is 4. The Bertz CT molecular complexity index is 517. The Morgan fingerprint density at radius 2 is 1.94 bits per heavy atom. The largest absolute Gasteiger partial charge is 0.330 e. The van der Waals surface area contributed by atoms with E-state index in [9.17, 15) is 0 Å². The molecule has 0 aromatic carbocycles. The van der Waals surface area contributed by atoms with E-state index in [1.54, 1.807) is 17.1 Å². The highest BCUT2D eigenvalue weighted by Gasteiger charge is 2.12. The molecular formula is C11H14ClN5. The number of hydrogen-bond acceptors (Lipinski definition) is 4. The summed E-state index contributed by atoms with van der Waals surface area (Å²) in [7, 11) is 0. The Morgan fingerprint density at radius 1 is 1.29 bits per heavy atom. The molecule has 5 nitrogen and oxygen atoms in total. The van der Waals surface area contributed by atoms with Crippen molar-refractivity contribution in [3.05, 3.63) is 34.4 Å². The van der Waals surface area contributed by atoms with E-state index in [0.717, 1.165) is 23.4 Å². The van der Waals surface area contributed by atoms with Crippen LogP contribution in [0.4, 0.5) is 0 Å². The molecule has 90 valence electrons. The highest BCUT2D eigenvalue weighted by atomic mass is 35.5. The van der Waals surface area contributed by atoms with Crippen molar-refractivity contribution in [2.75, 3.05) is 6.54 Å². The van der Waals surface area contributed by atoms with Gasteiger partial charge in [-0.25, -0.2) is 14.6 Å². The summed E-state index contributed by atoms with van der Waals surface area (Å²) >= 11 is 6.07. The van der Waals surface area contributed by atoms with Crippen LogP contribution in [0.1, 0.15) is 17.0 Å². The lowest BCUT2D eigenvalue weighted by molar-refractivity contribution is 0.767. The molecule has 0 unspecified atom stereocenters. The monoisotopic (exact) mass is 251 g/mol. The van der Waals surface area contributed by atoms with E-state index < -0.39 is 0 Å². The molecule has 0 amide bonds. The molecule has 0 spiro atoms. The van der Waals surface area contributed by atoms with Crippen LogP contribution in [0.3, 0.4) is 0 Å². The summed E-state index contributed by atoms with van der Waals surface area (Å²) in [6.45, 7) is 4.34. The van der Waals surface area contributed by atoms with Gasteiger partial charge in [-0.05, 0) is 32.4 Å². The minimum absolute atomic E-state index is 0.526. The molecule has 2 aromatic rings. The highest BCUT2D eigenvalue weighted by molar-refractivity contribution is 6.31. The normalized spacial score (nSPS) is 10.8. The quantitative estimate of drug-likeness (QED) is 0.896. The fourth-order valence-corrected chi connectivity index (χ4v) is 1.69. The van der Waals surface area contributed by atoms with Gasteiger partial charge in [0.05, 0.1) is 16.4 Å². The minimum Gasteiger partial charge on any atom is -0.330 e. The fourth-order valence-electron chi connectivity index (χ4n) is 1.57. The topological polar surface area (TPSA) is 69.6 Å². The number of halogens is 1. The van der Waals surface area contributed by atoms with Crippen molar-refractivity contribution in [1.29, 1.82) is 0 Å². The van der Waals surface area contributed by atoms with E-state index in [4.69, 9.17) is 17.3 Å².